The van der Waals surface area contributed by atoms with E-state index in [1.165, 1.54) is 11.3 Å². The molecule has 6 nitrogen and oxygen atoms in total. The van der Waals surface area contributed by atoms with Crippen molar-refractivity contribution in [2.75, 3.05) is 0 Å². The van der Waals surface area contributed by atoms with Crippen molar-refractivity contribution in [3.05, 3.63) is 23.0 Å². The Morgan fingerprint density at radius 3 is 2.95 bits per heavy atom. The van der Waals surface area contributed by atoms with Crippen LogP contribution in [0.15, 0.2) is 12.4 Å². The molecule has 2 aromatic rings. The minimum Gasteiger partial charge on any atom is -0.336 e. The number of hydrogen-bond donors (Lipinski definition) is 1. The largest absolute Gasteiger partial charge is 0.336 e. The maximum Gasteiger partial charge on any atom is 0.264 e. The topological polar surface area (TPSA) is 83.6 Å². The molecule has 21 heavy (non-hydrogen) atoms. The van der Waals surface area contributed by atoms with Gasteiger partial charge in [-0.3, -0.25) is 9.48 Å². The number of amides is 1. The highest BCUT2D eigenvalue weighted by Crippen LogP contribution is 2.27. The molecular weight excluding hydrogens is 286 g/mol. The summed E-state index contributed by atoms with van der Waals surface area (Å²) in [5.41, 5.74) is 1.56. The zero-order valence-corrected chi connectivity index (χ0v) is 13.1. The number of hydrogen-bond acceptors (Lipinski definition) is 5. The molecular formula is C14H17N5OS. The van der Waals surface area contributed by atoms with E-state index in [0.29, 0.717) is 17.0 Å². The quantitative estimate of drug-likeness (QED) is 0.918. The minimum absolute atomic E-state index is 0.236. The van der Waals surface area contributed by atoms with Gasteiger partial charge in [-0.1, -0.05) is 13.3 Å². The van der Waals surface area contributed by atoms with E-state index in [9.17, 15) is 4.79 Å². The van der Waals surface area contributed by atoms with E-state index in [-0.39, 0.29) is 5.91 Å². The van der Waals surface area contributed by atoms with Crippen LogP contribution >= 0.6 is 11.3 Å². The van der Waals surface area contributed by atoms with E-state index in [1.54, 1.807) is 17.8 Å². The summed E-state index contributed by atoms with van der Waals surface area (Å²) in [4.78, 5) is 17.2. The van der Waals surface area contributed by atoms with Crippen LogP contribution in [-0.2, 0) is 7.05 Å². The predicted octanol–water partition coefficient (Wildman–Crippen LogP) is 2.27. The summed E-state index contributed by atoms with van der Waals surface area (Å²) in [6, 6.07) is 1.65. The molecule has 1 atom stereocenters. The average molecular weight is 303 g/mol. The zero-order chi connectivity index (χ0) is 15.4. The van der Waals surface area contributed by atoms with E-state index >= 15 is 0 Å². The lowest BCUT2D eigenvalue weighted by molar-refractivity contribution is 0.0947. The highest BCUT2D eigenvalue weighted by molar-refractivity contribution is 7.17. The Bertz CT molecular complexity index is 682. The third-order valence-electron chi connectivity index (χ3n) is 2.99. The maximum absolute atomic E-state index is 12.2. The number of aryl methyl sites for hydroxylation is 2. The second-order valence-corrected chi connectivity index (χ2v) is 5.78. The van der Waals surface area contributed by atoms with E-state index in [4.69, 9.17) is 5.26 Å². The average Bonchev–Trinajstić information content (AvgIpc) is 3.04. The highest BCUT2D eigenvalue weighted by atomic mass is 32.1. The van der Waals surface area contributed by atoms with Gasteiger partial charge in [0.15, 0.2) is 0 Å². The van der Waals surface area contributed by atoms with Crippen LogP contribution in [0.3, 0.4) is 0 Å². The molecule has 0 saturated carbocycles. The number of carbonyl (C=O) groups excluding carboxylic acids is 1. The summed E-state index contributed by atoms with van der Waals surface area (Å²) in [7, 11) is 1.83. The van der Waals surface area contributed by atoms with Gasteiger partial charge >= 0.3 is 0 Å². The van der Waals surface area contributed by atoms with Crippen molar-refractivity contribution in [2.45, 2.75) is 32.7 Å². The number of nitriles is 1. The van der Waals surface area contributed by atoms with Crippen LogP contribution in [0.4, 0.5) is 0 Å². The maximum atomic E-state index is 12.2. The molecule has 0 bridgehead atoms. The van der Waals surface area contributed by atoms with Crippen molar-refractivity contribution >= 4 is 17.2 Å². The molecule has 7 heteroatoms. The second-order valence-electron chi connectivity index (χ2n) is 4.78. The molecule has 1 amide bonds. The Hall–Kier alpha value is -2.20. The lowest BCUT2D eigenvalue weighted by Crippen LogP contribution is -2.33. The van der Waals surface area contributed by atoms with Crippen LogP contribution in [0, 0.1) is 18.3 Å². The third-order valence-corrected chi connectivity index (χ3v) is 4.20. The SMILES string of the molecule is CCCC(C#N)NC(=O)c1sc(-c2cnn(C)c2)nc1C. The van der Waals surface area contributed by atoms with E-state index < -0.39 is 6.04 Å². The molecule has 0 aliphatic heterocycles. The van der Waals surface area contributed by atoms with Crippen molar-refractivity contribution in [2.24, 2.45) is 7.05 Å². The molecule has 0 fully saturated rings. The molecule has 0 saturated heterocycles. The van der Waals surface area contributed by atoms with Crippen LogP contribution in [0.5, 0.6) is 0 Å². The first-order chi connectivity index (χ1) is 10.0. The summed E-state index contributed by atoms with van der Waals surface area (Å²) in [5, 5.41) is 16.6. The molecule has 2 heterocycles. The van der Waals surface area contributed by atoms with Gasteiger partial charge in [0.05, 0.1) is 18.0 Å². The molecule has 110 valence electrons. The summed E-state index contributed by atoms with van der Waals surface area (Å²) < 4.78 is 1.69. The van der Waals surface area contributed by atoms with Crippen LogP contribution in [0.2, 0.25) is 0 Å². The second kappa shape index (κ2) is 6.50. The van der Waals surface area contributed by atoms with Crippen molar-refractivity contribution in [1.29, 1.82) is 5.26 Å². The first-order valence-corrected chi connectivity index (χ1v) is 7.53. The summed E-state index contributed by atoms with van der Waals surface area (Å²) >= 11 is 1.32. The fraction of sp³-hybridized carbons (Fsp3) is 0.429. The van der Waals surface area contributed by atoms with Gasteiger partial charge in [0.2, 0.25) is 0 Å². The Morgan fingerprint density at radius 1 is 1.62 bits per heavy atom. The predicted molar refractivity (Wildman–Crippen MR) is 80.8 cm³/mol. The zero-order valence-electron chi connectivity index (χ0n) is 12.3. The monoisotopic (exact) mass is 303 g/mol. The van der Waals surface area contributed by atoms with Gasteiger partial charge in [-0.25, -0.2) is 4.98 Å². The Labute approximate surface area is 127 Å². The Balaban J connectivity index is 2.19. The van der Waals surface area contributed by atoms with Gasteiger partial charge in [0, 0.05) is 18.8 Å². The summed E-state index contributed by atoms with van der Waals surface area (Å²) in [6.07, 6.45) is 5.07. The lowest BCUT2D eigenvalue weighted by atomic mass is 10.2. The number of nitrogens with one attached hydrogen (secondary N) is 1. The molecule has 0 aliphatic carbocycles. The minimum atomic E-state index is -0.453. The summed E-state index contributed by atoms with van der Waals surface area (Å²) in [5.74, 6) is -0.236. The van der Waals surface area contributed by atoms with Crippen LogP contribution in [0.25, 0.3) is 10.6 Å². The smallest absolute Gasteiger partial charge is 0.264 e. The van der Waals surface area contributed by atoms with Gasteiger partial charge in [-0.15, -0.1) is 11.3 Å². The summed E-state index contributed by atoms with van der Waals surface area (Å²) in [6.45, 7) is 3.78. The lowest BCUT2D eigenvalue weighted by Gasteiger charge is -2.09. The van der Waals surface area contributed by atoms with E-state index in [1.807, 2.05) is 20.2 Å². The van der Waals surface area contributed by atoms with Gasteiger partial charge in [-0.2, -0.15) is 10.4 Å². The van der Waals surface area contributed by atoms with Crippen molar-refractivity contribution in [1.82, 2.24) is 20.1 Å². The molecule has 0 spiro atoms. The van der Waals surface area contributed by atoms with Crippen molar-refractivity contribution < 1.29 is 4.79 Å². The number of rotatable bonds is 5. The van der Waals surface area contributed by atoms with Crippen LogP contribution < -0.4 is 5.32 Å². The van der Waals surface area contributed by atoms with Gasteiger partial charge in [0.1, 0.15) is 15.9 Å². The molecule has 2 rings (SSSR count). The first kappa shape index (κ1) is 15.2. The Kier molecular flexibility index (Phi) is 4.70. The van der Waals surface area contributed by atoms with Crippen molar-refractivity contribution in [3.8, 4) is 16.6 Å². The van der Waals surface area contributed by atoms with Crippen LogP contribution in [-0.4, -0.2) is 26.7 Å². The molecule has 0 aliphatic rings. The molecule has 2 aromatic heterocycles. The highest BCUT2D eigenvalue weighted by Gasteiger charge is 2.19. The first-order valence-electron chi connectivity index (χ1n) is 6.72. The molecule has 1 N–H and O–H groups in total. The fourth-order valence-electron chi connectivity index (χ4n) is 1.94. The fourth-order valence-corrected chi connectivity index (χ4v) is 2.89. The van der Waals surface area contributed by atoms with Gasteiger partial charge in [0.25, 0.3) is 5.91 Å². The van der Waals surface area contributed by atoms with Gasteiger partial charge < -0.3 is 5.32 Å². The third kappa shape index (κ3) is 3.47. The standard InChI is InChI=1S/C14H17N5OS/c1-4-5-11(6-15)18-13(20)12-9(2)17-14(21-12)10-7-16-19(3)8-10/h7-8,11H,4-5H2,1-3H3,(H,18,20). The van der Waals surface area contributed by atoms with E-state index in [0.717, 1.165) is 17.0 Å². The number of carbonyl (C=O) groups is 1. The number of thiazole rings is 1. The number of aromatic nitrogens is 3. The van der Waals surface area contributed by atoms with Crippen LogP contribution in [0.1, 0.15) is 35.1 Å². The van der Waals surface area contributed by atoms with Crippen molar-refractivity contribution in [3.63, 3.8) is 0 Å². The molecule has 1 unspecified atom stereocenters. The normalized spacial score (nSPS) is 11.9. The van der Waals surface area contributed by atoms with Gasteiger partial charge in [-0.05, 0) is 13.3 Å². The Morgan fingerprint density at radius 2 is 2.38 bits per heavy atom. The van der Waals surface area contributed by atoms with E-state index in [2.05, 4.69) is 21.5 Å². The molecule has 0 radical (unpaired) electrons. The number of nitrogens with zero attached hydrogens (tertiary/aromatic N) is 4. The molecule has 0 aromatic carbocycles.